The van der Waals surface area contributed by atoms with Gasteiger partial charge in [0.1, 0.15) is 5.75 Å². The molecule has 1 rings (SSSR count). The van der Waals surface area contributed by atoms with Crippen LogP contribution in [0.5, 0.6) is 5.75 Å². The van der Waals surface area contributed by atoms with E-state index in [2.05, 4.69) is 25.6 Å². The average Bonchev–Trinajstić information content (AvgIpc) is 2.66. The van der Waals surface area contributed by atoms with Crippen molar-refractivity contribution in [3.05, 3.63) is 30.3 Å². The number of phenols is 1. The monoisotopic (exact) mass is 520 g/mol. The molecule has 0 spiro atoms. The molecule has 0 bridgehead atoms. The van der Waals surface area contributed by atoms with E-state index in [1.165, 1.54) is 101 Å². The summed E-state index contributed by atoms with van der Waals surface area (Å²) in [7, 11) is 0. The number of benzene rings is 1. The molecule has 1 aromatic carbocycles. The minimum atomic E-state index is 0. The van der Waals surface area contributed by atoms with Gasteiger partial charge in [-0.15, -0.1) is 0 Å². The maximum absolute atomic E-state index is 8.63. The number of aromatic hydroxyl groups is 1. The second-order valence-corrected chi connectivity index (χ2v) is 8.42. The van der Waals surface area contributed by atoms with Gasteiger partial charge in [-0.05, 0) is 36.5 Å². The summed E-state index contributed by atoms with van der Waals surface area (Å²) in [5.41, 5.74) is 0. The molecule has 3 heteroatoms. The van der Waals surface area contributed by atoms with Crippen LogP contribution in [-0.4, -0.2) is 65.5 Å². The number of unbranched alkanes of at least 4 members (excludes halogenated alkanes) is 12. The van der Waals surface area contributed by atoms with E-state index >= 15 is 0 Å². The second kappa shape index (κ2) is 26.9. The van der Waals surface area contributed by atoms with Crippen LogP contribution in [0.1, 0.15) is 107 Å². The van der Waals surface area contributed by atoms with Crippen molar-refractivity contribution in [2.24, 2.45) is 0 Å². The van der Waals surface area contributed by atoms with Crippen LogP contribution in [0, 0.1) is 0 Å². The van der Waals surface area contributed by atoms with Gasteiger partial charge in [0, 0.05) is 0 Å². The zero-order chi connectivity index (χ0) is 19.1. The molecule has 1 nitrogen and oxygen atoms in total. The molecular formula is C24H46BaOS. The molecule has 0 saturated carbocycles. The number of para-hydroxylation sites is 1. The third-order valence-corrected chi connectivity index (χ3v) is 5.70. The Morgan fingerprint density at radius 3 is 1.33 bits per heavy atom. The SMILES string of the molecule is CCCCCCCCCSCCCCCCCCC.Oc1ccccc1.[Ba+2].[H-].[H-]. The molecule has 0 unspecified atom stereocenters. The Morgan fingerprint density at radius 2 is 1.00 bits per heavy atom. The number of hydrogen-bond donors (Lipinski definition) is 1. The first kappa shape index (κ1) is 30.1. The van der Waals surface area contributed by atoms with Crippen molar-refractivity contribution in [1.29, 1.82) is 0 Å². The Hall–Kier alpha value is 0.941. The van der Waals surface area contributed by atoms with E-state index in [0.717, 1.165) is 0 Å². The molecule has 0 aliphatic rings. The van der Waals surface area contributed by atoms with E-state index in [9.17, 15) is 0 Å². The third kappa shape index (κ3) is 26.9. The Labute approximate surface area is 217 Å². The van der Waals surface area contributed by atoms with E-state index in [0.29, 0.717) is 5.75 Å². The first-order chi connectivity index (χ1) is 12.8. The van der Waals surface area contributed by atoms with E-state index in [1.54, 1.807) is 24.3 Å². The summed E-state index contributed by atoms with van der Waals surface area (Å²) in [4.78, 5) is 0. The van der Waals surface area contributed by atoms with Crippen molar-refractivity contribution >= 4 is 60.6 Å². The average molecular weight is 520 g/mol. The first-order valence-corrected chi connectivity index (χ1v) is 12.3. The Bertz CT molecular complexity index is 353. The Balaban J connectivity index is -0.000000265. The van der Waals surface area contributed by atoms with Gasteiger partial charge in [0.15, 0.2) is 0 Å². The molecule has 0 aliphatic carbocycles. The molecule has 1 N–H and O–H groups in total. The zero-order valence-corrected chi connectivity index (χ0v) is 23.5. The fourth-order valence-electron chi connectivity index (χ4n) is 2.85. The van der Waals surface area contributed by atoms with Crippen LogP contribution in [0.2, 0.25) is 0 Å². The van der Waals surface area contributed by atoms with Gasteiger partial charge < -0.3 is 7.96 Å². The summed E-state index contributed by atoms with van der Waals surface area (Å²) in [5, 5.41) is 8.63. The third-order valence-electron chi connectivity index (χ3n) is 4.54. The quantitative estimate of drug-likeness (QED) is 0.175. The molecule has 27 heavy (non-hydrogen) atoms. The largest absolute Gasteiger partial charge is 2.00 e. The van der Waals surface area contributed by atoms with Crippen LogP contribution < -0.4 is 0 Å². The van der Waals surface area contributed by atoms with Gasteiger partial charge in [-0.3, -0.25) is 0 Å². The summed E-state index contributed by atoms with van der Waals surface area (Å²) in [6.07, 6.45) is 20.2. The summed E-state index contributed by atoms with van der Waals surface area (Å²) in [5.74, 6) is 3.13. The normalized spacial score (nSPS) is 10.0. The van der Waals surface area contributed by atoms with Crippen molar-refractivity contribution in [2.75, 3.05) is 11.5 Å². The molecule has 156 valence electrons. The van der Waals surface area contributed by atoms with Crippen molar-refractivity contribution in [1.82, 2.24) is 0 Å². The number of rotatable bonds is 16. The first-order valence-electron chi connectivity index (χ1n) is 11.1. The maximum atomic E-state index is 8.63. The van der Waals surface area contributed by atoms with E-state index in [4.69, 9.17) is 5.11 Å². The smallest absolute Gasteiger partial charge is 1.00 e. The number of thioether (sulfide) groups is 1. The summed E-state index contributed by atoms with van der Waals surface area (Å²) < 4.78 is 0. The summed E-state index contributed by atoms with van der Waals surface area (Å²) in [6, 6.07) is 8.71. The molecule has 0 amide bonds. The maximum Gasteiger partial charge on any atom is 2.00 e. The van der Waals surface area contributed by atoms with Crippen molar-refractivity contribution < 1.29 is 7.96 Å². The molecule has 0 fully saturated rings. The summed E-state index contributed by atoms with van der Waals surface area (Å²) >= 11 is 2.19. The van der Waals surface area contributed by atoms with Gasteiger partial charge in [-0.25, -0.2) is 0 Å². The fourth-order valence-corrected chi connectivity index (χ4v) is 3.87. The van der Waals surface area contributed by atoms with Crippen molar-refractivity contribution in [2.45, 2.75) is 104 Å². The summed E-state index contributed by atoms with van der Waals surface area (Å²) in [6.45, 7) is 4.58. The Kier molecular flexibility index (Phi) is 30.1. The van der Waals surface area contributed by atoms with Crippen LogP contribution >= 0.6 is 11.8 Å². The van der Waals surface area contributed by atoms with Gasteiger partial charge in [0.25, 0.3) is 0 Å². The Morgan fingerprint density at radius 1 is 0.630 bits per heavy atom. The zero-order valence-electron chi connectivity index (χ0n) is 20.3. The molecule has 0 heterocycles. The fraction of sp³-hybridized carbons (Fsp3) is 0.750. The van der Waals surface area contributed by atoms with Crippen LogP contribution in [0.3, 0.4) is 0 Å². The number of phenolic OH excluding ortho intramolecular Hbond substituents is 1. The molecular weight excluding hydrogens is 474 g/mol. The van der Waals surface area contributed by atoms with Gasteiger partial charge >= 0.3 is 48.9 Å². The molecule has 0 aromatic heterocycles. The second-order valence-electron chi connectivity index (χ2n) is 7.19. The molecule has 0 atom stereocenters. The van der Waals surface area contributed by atoms with Crippen LogP contribution in [-0.2, 0) is 0 Å². The van der Waals surface area contributed by atoms with E-state index in [1.807, 2.05) is 6.07 Å². The number of hydrogen-bond acceptors (Lipinski definition) is 2. The van der Waals surface area contributed by atoms with Crippen molar-refractivity contribution in [3.63, 3.8) is 0 Å². The van der Waals surface area contributed by atoms with Crippen LogP contribution in [0.15, 0.2) is 30.3 Å². The minimum Gasteiger partial charge on any atom is -1.00 e. The van der Waals surface area contributed by atoms with Gasteiger partial charge in [0.05, 0.1) is 0 Å². The topological polar surface area (TPSA) is 20.2 Å². The van der Waals surface area contributed by atoms with E-state index in [-0.39, 0.29) is 51.7 Å². The molecule has 0 saturated heterocycles. The molecule has 0 radical (unpaired) electrons. The predicted molar refractivity (Wildman–Crippen MR) is 129 cm³/mol. The van der Waals surface area contributed by atoms with Gasteiger partial charge in [-0.1, -0.05) is 109 Å². The standard InChI is InChI=1S/C18H38S.C6H6O.Ba.2H/c1-3-5-7-9-11-13-15-17-19-18-16-14-12-10-8-6-4-2;7-6-4-2-1-3-5-6;;;/h3-18H2,1-2H3;1-5,7H;;;/q;;+2;2*-1. The minimum absolute atomic E-state index is 0. The van der Waals surface area contributed by atoms with Crippen LogP contribution in [0.4, 0.5) is 0 Å². The van der Waals surface area contributed by atoms with E-state index < -0.39 is 0 Å². The van der Waals surface area contributed by atoms with Gasteiger partial charge in [0.2, 0.25) is 0 Å². The predicted octanol–water partition coefficient (Wildman–Crippen LogP) is 8.46. The van der Waals surface area contributed by atoms with Crippen LogP contribution in [0.25, 0.3) is 0 Å². The van der Waals surface area contributed by atoms with Crippen molar-refractivity contribution in [3.8, 4) is 5.75 Å². The molecule has 0 aliphatic heterocycles. The van der Waals surface area contributed by atoms with Gasteiger partial charge in [-0.2, -0.15) is 11.8 Å². The molecule has 1 aromatic rings.